The maximum Gasteiger partial charge on any atom is 0.412 e. The topological polar surface area (TPSA) is 87.6 Å². The summed E-state index contributed by atoms with van der Waals surface area (Å²) >= 11 is 1.67. The van der Waals surface area contributed by atoms with Crippen LogP contribution < -0.4 is 16.0 Å². The Bertz CT molecular complexity index is 831. The van der Waals surface area contributed by atoms with Gasteiger partial charge in [0.1, 0.15) is 5.60 Å². The molecule has 172 valence electrons. The van der Waals surface area contributed by atoms with Gasteiger partial charge in [0, 0.05) is 37.1 Å². The van der Waals surface area contributed by atoms with Crippen molar-refractivity contribution in [3.8, 4) is 0 Å². The number of benzene rings is 1. The summed E-state index contributed by atoms with van der Waals surface area (Å²) in [6, 6.07) is 7.77. The van der Waals surface area contributed by atoms with Crippen molar-refractivity contribution >= 4 is 53.1 Å². The van der Waals surface area contributed by atoms with Crippen LogP contribution in [0.1, 0.15) is 44.0 Å². The van der Waals surface area contributed by atoms with Gasteiger partial charge in [-0.25, -0.2) is 9.78 Å². The summed E-state index contributed by atoms with van der Waals surface area (Å²) < 4.78 is 5.26. The fourth-order valence-corrected chi connectivity index (χ4v) is 3.30. The molecule has 0 saturated carbocycles. The van der Waals surface area contributed by atoms with Crippen molar-refractivity contribution in [2.75, 3.05) is 25.0 Å². The van der Waals surface area contributed by atoms with Gasteiger partial charge in [-0.1, -0.05) is 12.1 Å². The van der Waals surface area contributed by atoms with Crippen LogP contribution in [-0.4, -0.2) is 42.3 Å². The Morgan fingerprint density at radius 1 is 1.16 bits per heavy atom. The normalized spacial score (nSPS) is 11.5. The summed E-state index contributed by atoms with van der Waals surface area (Å²) in [6.45, 7) is 11.9. The number of halogens is 1. The molecule has 31 heavy (non-hydrogen) atoms. The fraction of sp³-hybridized carbons (Fsp3) is 0.500. The fourth-order valence-electron chi connectivity index (χ4n) is 2.65. The second kappa shape index (κ2) is 13.5. The molecular formula is C22H34IN5O2S. The third kappa shape index (κ3) is 11.3. The van der Waals surface area contributed by atoms with Gasteiger partial charge in [-0.3, -0.25) is 10.3 Å². The van der Waals surface area contributed by atoms with Crippen LogP contribution in [0, 0.1) is 6.92 Å². The van der Waals surface area contributed by atoms with Crippen LogP contribution in [0.5, 0.6) is 0 Å². The summed E-state index contributed by atoms with van der Waals surface area (Å²) in [5, 5.41) is 12.6. The molecule has 0 unspecified atom stereocenters. The first-order chi connectivity index (χ1) is 14.2. The predicted molar refractivity (Wildman–Crippen MR) is 140 cm³/mol. The highest BCUT2D eigenvalue weighted by atomic mass is 127. The largest absolute Gasteiger partial charge is 0.444 e. The summed E-state index contributed by atoms with van der Waals surface area (Å²) in [5.41, 5.74) is 2.47. The number of thiazole rings is 1. The standard InChI is InChI=1S/C22H33N5O2S.HI/c1-6-23-20(25-14-12-19-15-30-16(2)26-19)24-13-11-17-7-9-18(10-8-17)27-21(28)29-22(3,4)5;/h7-10,15H,6,11-14H2,1-5H3,(H,27,28)(H2,23,24,25);1H. The zero-order chi connectivity index (χ0) is 22.0. The lowest BCUT2D eigenvalue weighted by atomic mass is 10.1. The SMILES string of the molecule is CCNC(=NCCc1csc(C)n1)NCCc1ccc(NC(=O)OC(C)(C)C)cc1.I. The molecule has 1 amide bonds. The molecule has 2 rings (SSSR count). The molecule has 0 atom stereocenters. The lowest BCUT2D eigenvalue weighted by Gasteiger charge is -2.19. The van der Waals surface area contributed by atoms with Crippen molar-refractivity contribution in [2.45, 2.75) is 53.1 Å². The Labute approximate surface area is 206 Å². The van der Waals surface area contributed by atoms with Crippen molar-refractivity contribution in [1.82, 2.24) is 15.6 Å². The van der Waals surface area contributed by atoms with Gasteiger partial charge in [0.2, 0.25) is 0 Å². The number of aryl methyl sites for hydroxylation is 1. The van der Waals surface area contributed by atoms with E-state index in [2.05, 4.69) is 38.2 Å². The summed E-state index contributed by atoms with van der Waals surface area (Å²) in [5.74, 6) is 0.813. The Kier molecular flexibility index (Phi) is 11.8. The van der Waals surface area contributed by atoms with Crippen LogP contribution in [0.3, 0.4) is 0 Å². The van der Waals surface area contributed by atoms with Gasteiger partial charge >= 0.3 is 6.09 Å². The highest BCUT2D eigenvalue weighted by molar-refractivity contribution is 14.0. The van der Waals surface area contributed by atoms with Crippen molar-refractivity contribution in [3.05, 3.63) is 45.9 Å². The van der Waals surface area contributed by atoms with Gasteiger partial charge in [0.05, 0.1) is 10.7 Å². The maximum atomic E-state index is 11.8. The molecule has 1 aromatic carbocycles. The second-order valence-electron chi connectivity index (χ2n) is 7.87. The van der Waals surface area contributed by atoms with E-state index >= 15 is 0 Å². The van der Waals surface area contributed by atoms with Crippen LogP contribution in [-0.2, 0) is 17.6 Å². The Morgan fingerprint density at radius 2 is 1.87 bits per heavy atom. The van der Waals surface area contributed by atoms with E-state index in [1.165, 1.54) is 5.56 Å². The lowest BCUT2D eigenvalue weighted by Crippen LogP contribution is -2.38. The molecule has 7 nitrogen and oxygen atoms in total. The third-order valence-electron chi connectivity index (χ3n) is 3.95. The first-order valence-electron chi connectivity index (χ1n) is 10.3. The number of nitrogens with one attached hydrogen (secondary N) is 3. The van der Waals surface area contributed by atoms with Crippen LogP contribution in [0.4, 0.5) is 10.5 Å². The van der Waals surface area contributed by atoms with Crippen LogP contribution in [0.2, 0.25) is 0 Å². The van der Waals surface area contributed by atoms with Crippen LogP contribution >= 0.6 is 35.3 Å². The minimum Gasteiger partial charge on any atom is -0.444 e. The zero-order valence-electron chi connectivity index (χ0n) is 18.9. The predicted octanol–water partition coefficient (Wildman–Crippen LogP) is 4.76. The van der Waals surface area contributed by atoms with E-state index in [1.54, 1.807) is 11.3 Å². The average Bonchev–Trinajstić information content (AvgIpc) is 3.07. The highest BCUT2D eigenvalue weighted by Gasteiger charge is 2.16. The quantitative estimate of drug-likeness (QED) is 0.247. The van der Waals surface area contributed by atoms with E-state index in [9.17, 15) is 4.79 Å². The number of hydrogen-bond donors (Lipinski definition) is 3. The molecule has 1 aromatic heterocycles. The number of carbonyl (C=O) groups excluding carboxylic acids is 1. The van der Waals surface area contributed by atoms with Crippen LogP contribution in [0.25, 0.3) is 0 Å². The summed E-state index contributed by atoms with van der Waals surface area (Å²) in [6.07, 6.45) is 1.24. The van der Waals surface area contributed by atoms with Gasteiger partial charge in [-0.05, 0) is 58.7 Å². The number of nitrogens with zero attached hydrogens (tertiary/aromatic N) is 2. The van der Waals surface area contributed by atoms with E-state index in [4.69, 9.17) is 4.74 Å². The molecule has 0 bridgehead atoms. The molecule has 0 spiro atoms. The molecule has 2 aromatic rings. The van der Waals surface area contributed by atoms with E-state index in [0.717, 1.165) is 42.6 Å². The number of carbonyl (C=O) groups is 1. The molecule has 0 aliphatic carbocycles. The van der Waals surface area contributed by atoms with Gasteiger partial charge in [-0.15, -0.1) is 35.3 Å². The lowest BCUT2D eigenvalue weighted by molar-refractivity contribution is 0.0636. The number of ether oxygens (including phenoxy) is 1. The zero-order valence-corrected chi connectivity index (χ0v) is 22.1. The van der Waals surface area contributed by atoms with E-state index in [-0.39, 0.29) is 24.0 Å². The molecule has 0 saturated heterocycles. The first kappa shape index (κ1) is 27.2. The molecule has 0 fully saturated rings. The Morgan fingerprint density at radius 3 is 2.45 bits per heavy atom. The Hall–Kier alpha value is -1.88. The van der Waals surface area contributed by atoms with Gasteiger partial charge in [0.15, 0.2) is 5.96 Å². The smallest absolute Gasteiger partial charge is 0.412 e. The highest BCUT2D eigenvalue weighted by Crippen LogP contribution is 2.13. The monoisotopic (exact) mass is 559 g/mol. The van der Waals surface area contributed by atoms with Crippen molar-refractivity contribution < 1.29 is 9.53 Å². The van der Waals surface area contributed by atoms with Crippen LogP contribution in [0.15, 0.2) is 34.6 Å². The van der Waals surface area contributed by atoms with E-state index in [0.29, 0.717) is 12.2 Å². The molecule has 1 heterocycles. The molecule has 0 aliphatic rings. The molecule has 3 N–H and O–H groups in total. The summed E-state index contributed by atoms with van der Waals surface area (Å²) in [4.78, 5) is 20.9. The van der Waals surface area contributed by atoms with Gasteiger partial charge in [0.25, 0.3) is 0 Å². The number of guanidine groups is 1. The molecule has 0 radical (unpaired) electrons. The van der Waals surface area contributed by atoms with Crippen molar-refractivity contribution in [2.24, 2.45) is 4.99 Å². The number of anilines is 1. The maximum absolute atomic E-state index is 11.8. The second-order valence-corrected chi connectivity index (χ2v) is 8.93. The van der Waals surface area contributed by atoms with Gasteiger partial charge in [-0.2, -0.15) is 0 Å². The number of hydrogen-bond acceptors (Lipinski definition) is 5. The molecule has 0 aliphatic heterocycles. The average molecular weight is 560 g/mol. The number of aliphatic imine (C=N–C) groups is 1. The minimum absolute atomic E-state index is 0. The van der Waals surface area contributed by atoms with Crippen molar-refractivity contribution in [3.63, 3.8) is 0 Å². The number of rotatable bonds is 8. The van der Waals surface area contributed by atoms with Crippen molar-refractivity contribution in [1.29, 1.82) is 0 Å². The molecular weight excluding hydrogens is 525 g/mol. The molecule has 9 heteroatoms. The van der Waals surface area contributed by atoms with E-state index < -0.39 is 11.7 Å². The minimum atomic E-state index is -0.513. The Balaban J connectivity index is 0.00000480. The summed E-state index contributed by atoms with van der Waals surface area (Å²) in [7, 11) is 0. The number of aromatic nitrogens is 1. The third-order valence-corrected chi connectivity index (χ3v) is 4.78. The van der Waals surface area contributed by atoms with Gasteiger partial charge < -0.3 is 15.4 Å². The number of amides is 1. The van der Waals surface area contributed by atoms with E-state index in [1.807, 2.05) is 52.0 Å². The first-order valence-corrected chi connectivity index (χ1v) is 11.2.